The number of amides is 1. The van der Waals surface area contributed by atoms with E-state index in [1.165, 1.54) is 5.56 Å². The van der Waals surface area contributed by atoms with Crippen LogP contribution in [-0.2, 0) is 10.2 Å². The second-order valence-electron chi connectivity index (χ2n) is 4.91. The maximum atomic E-state index is 11.3. The summed E-state index contributed by atoms with van der Waals surface area (Å²) in [6.07, 6.45) is 0. The van der Waals surface area contributed by atoms with E-state index in [9.17, 15) is 4.79 Å². The lowest BCUT2D eigenvalue weighted by Crippen LogP contribution is -2.25. The number of nitrogens with one attached hydrogen (secondary N) is 2. The summed E-state index contributed by atoms with van der Waals surface area (Å²) in [5.41, 5.74) is 2.25. The lowest BCUT2D eigenvalue weighted by atomic mass is 9.87. The summed E-state index contributed by atoms with van der Waals surface area (Å²) in [7, 11) is 1.75. The molecular weight excluding hydrogens is 200 g/mol. The van der Waals surface area contributed by atoms with E-state index in [1.54, 1.807) is 7.05 Å². The molecule has 16 heavy (non-hydrogen) atoms. The number of hydrogen-bond donors (Lipinski definition) is 2. The number of rotatable bonds is 3. The Morgan fingerprint density at radius 3 is 2.19 bits per heavy atom. The second-order valence-corrected chi connectivity index (χ2v) is 4.91. The largest absolute Gasteiger partial charge is 0.325 e. The fraction of sp³-hybridized carbons (Fsp3) is 0.462. The number of likely N-dealkylation sites (N-methyl/N-ethyl adjacent to an activating group) is 1. The quantitative estimate of drug-likeness (QED) is 0.819. The topological polar surface area (TPSA) is 41.1 Å². The van der Waals surface area contributed by atoms with Gasteiger partial charge in [-0.2, -0.15) is 0 Å². The monoisotopic (exact) mass is 220 g/mol. The van der Waals surface area contributed by atoms with Crippen LogP contribution in [0.4, 0.5) is 5.69 Å². The van der Waals surface area contributed by atoms with Gasteiger partial charge in [-0.05, 0) is 30.2 Å². The van der Waals surface area contributed by atoms with E-state index in [2.05, 4.69) is 43.5 Å². The van der Waals surface area contributed by atoms with Crippen molar-refractivity contribution in [3.63, 3.8) is 0 Å². The number of carbonyl (C=O) groups excluding carboxylic acids is 1. The van der Waals surface area contributed by atoms with Crippen molar-refractivity contribution in [2.45, 2.75) is 26.2 Å². The van der Waals surface area contributed by atoms with Crippen LogP contribution in [0.25, 0.3) is 0 Å². The molecule has 0 aromatic heterocycles. The minimum absolute atomic E-state index is 0.0222. The van der Waals surface area contributed by atoms with E-state index in [0.717, 1.165) is 5.69 Å². The Morgan fingerprint density at radius 2 is 1.75 bits per heavy atom. The fourth-order valence-electron chi connectivity index (χ4n) is 1.42. The highest BCUT2D eigenvalue weighted by molar-refractivity contribution is 5.92. The first-order valence-electron chi connectivity index (χ1n) is 5.48. The highest BCUT2D eigenvalue weighted by Crippen LogP contribution is 2.23. The highest BCUT2D eigenvalue weighted by atomic mass is 16.1. The Bertz CT molecular complexity index is 349. The molecule has 3 nitrogen and oxygen atoms in total. The molecule has 2 N–H and O–H groups in total. The van der Waals surface area contributed by atoms with Gasteiger partial charge in [0.2, 0.25) is 5.91 Å². The maximum absolute atomic E-state index is 11.3. The van der Waals surface area contributed by atoms with Crippen LogP contribution >= 0.6 is 0 Å². The first-order chi connectivity index (χ1) is 7.43. The van der Waals surface area contributed by atoms with Crippen molar-refractivity contribution in [2.75, 3.05) is 18.9 Å². The molecule has 0 saturated carbocycles. The molecule has 0 aliphatic carbocycles. The van der Waals surface area contributed by atoms with Crippen LogP contribution in [0.15, 0.2) is 24.3 Å². The Hall–Kier alpha value is -1.35. The number of hydrogen-bond acceptors (Lipinski definition) is 2. The van der Waals surface area contributed by atoms with E-state index >= 15 is 0 Å². The first-order valence-corrected chi connectivity index (χ1v) is 5.48. The lowest BCUT2D eigenvalue weighted by molar-refractivity contribution is -0.115. The van der Waals surface area contributed by atoms with Crippen molar-refractivity contribution >= 4 is 11.6 Å². The van der Waals surface area contributed by atoms with Gasteiger partial charge in [-0.25, -0.2) is 0 Å². The molecule has 1 aromatic carbocycles. The van der Waals surface area contributed by atoms with Crippen LogP contribution in [-0.4, -0.2) is 19.5 Å². The third-order valence-corrected chi connectivity index (χ3v) is 2.37. The van der Waals surface area contributed by atoms with Gasteiger partial charge in [0.15, 0.2) is 0 Å². The molecule has 0 fully saturated rings. The second kappa shape index (κ2) is 5.12. The van der Waals surface area contributed by atoms with E-state index < -0.39 is 0 Å². The predicted octanol–water partition coefficient (Wildman–Crippen LogP) is 2.14. The molecule has 1 amide bonds. The van der Waals surface area contributed by atoms with E-state index in [1.807, 2.05) is 12.1 Å². The Morgan fingerprint density at radius 1 is 1.19 bits per heavy atom. The zero-order valence-corrected chi connectivity index (χ0v) is 10.4. The van der Waals surface area contributed by atoms with Gasteiger partial charge < -0.3 is 10.6 Å². The van der Waals surface area contributed by atoms with Gasteiger partial charge in [-0.1, -0.05) is 32.9 Å². The standard InChI is InChI=1S/C13H20N2O/c1-13(2,3)10-5-7-11(8-6-10)15-12(16)9-14-4/h5-8,14H,9H2,1-4H3,(H,15,16). The molecule has 0 saturated heterocycles. The number of carbonyl (C=O) groups is 1. The molecule has 1 rings (SSSR count). The summed E-state index contributed by atoms with van der Waals surface area (Å²) in [5, 5.41) is 5.63. The van der Waals surface area contributed by atoms with Crippen molar-refractivity contribution in [3.8, 4) is 0 Å². The third-order valence-electron chi connectivity index (χ3n) is 2.37. The maximum Gasteiger partial charge on any atom is 0.238 e. The first kappa shape index (κ1) is 12.7. The third kappa shape index (κ3) is 3.66. The minimum Gasteiger partial charge on any atom is -0.325 e. The van der Waals surface area contributed by atoms with Crippen molar-refractivity contribution in [1.82, 2.24) is 5.32 Å². The zero-order chi connectivity index (χ0) is 12.2. The normalized spacial score (nSPS) is 11.2. The van der Waals surface area contributed by atoms with Gasteiger partial charge in [-0.15, -0.1) is 0 Å². The number of benzene rings is 1. The number of anilines is 1. The van der Waals surface area contributed by atoms with Crippen LogP contribution in [0.1, 0.15) is 26.3 Å². The average Bonchev–Trinajstić information content (AvgIpc) is 2.17. The molecule has 0 aliphatic heterocycles. The van der Waals surface area contributed by atoms with Crippen LogP contribution in [0, 0.1) is 0 Å². The smallest absolute Gasteiger partial charge is 0.238 e. The Balaban J connectivity index is 2.69. The molecule has 0 heterocycles. The van der Waals surface area contributed by atoms with Crippen molar-refractivity contribution in [3.05, 3.63) is 29.8 Å². The summed E-state index contributed by atoms with van der Waals surface area (Å²) in [6.45, 7) is 6.84. The minimum atomic E-state index is -0.0222. The van der Waals surface area contributed by atoms with Gasteiger partial charge >= 0.3 is 0 Å². The summed E-state index contributed by atoms with van der Waals surface area (Å²) in [5.74, 6) is -0.0222. The summed E-state index contributed by atoms with van der Waals surface area (Å²) in [4.78, 5) is 11.3. The van der Waals surface area contributed by atoms with Gasteiger partial charge in [0.25, 0.3) is 0 Å². The van der Waals surface area contributed by atoms with Crippen molar-refractivity contribution in [2.24, 2.45) is 0 Å². The summed E-state index contributed by atoms with van der Waals surface area (Å²) in [6, 6.07) is 7.98. The molecule has 0 spiro atoms. The SMILES string of the molecule is CNCC(=O)Nc1ccc(C(C)(C)C)cc1. The van der Waals surface area contributed by atoms with Gasteiger partial charge in [-0.3, -0.25) is 4.79 Å². The van der Waals surface area contributed by atoms with Gasteiger partial charge in [0.1, 0.15) is 0 Å². The molecule has 0 aliphatic rings. The molecular formula is C13H20N2O. The molecule has 0 radical (unpaired) electrons. The fourth-order valence-corrected chi connectivity index (χ4v) is 1.42. The molecule has 0 unspecified atom stereocenters. The molecule has 0 atom stereocenters. The van der Waals surface area contributed by atoms with Crippen molar-refractivity contribution in [1.29, 1.82) is 0 Å². The van der Waals surface area contributed by atoms with E-state index in [0.29, 0.717) is 6.54 Å². The average molecular weight is 220 g/mol. The van der Waals surface area contributed by atoms with E-state index in [-0.39, 0.29) is 11.3 Å². The lowest BCUT2D eigenvalue weighted by Gasteiger charge is -2.19. The van der Waals surface area contributed by atoms with Crippen LogP contribution in [0.5, 0.6) is 0 Å². The molecule has 0 bridgehead atoms. The Kier molecular flexibility index (Phi) is 4.07. The van der Waals surface area contributed by atoms with Crippen LogP contribution in [0.2, 0.25) is 0 Å². The van der Waals surface area contributed by atoms with Crippen LogP contribution in [0.3, 0.4) is 0 Å². The van der Waals surface area contributed by atoms with Gasteiger partial charge in [0.05, 0.1) is 6.54 Å². The van der Waals surface area contributed by atoms with Crippen molar-refractivity contribution < 1.29 is 4.79 Å². The summed E-state index contributed by atoms with van der Waals surface area (Å²) >= 11 is 0. The molecule has 88 valence electrons. The molecule has 3 heteroatoms. The van der Waals surface area contributed by atoms with Crippen LogP contribution < -0.4 is 10.6 Å². The summed E-state index contributed by atoms with van der Waals surface area (Å²) < 4.78 is 0. The van der Waals surface area contributed by atoms with Gasteiger partial charge in [0, 0.05) is 5.69 Å². The highest BCUT2D eigenvalue weighted by Gasteiger charge is 2.12. The zero-order valence-electron chi connectivity index (χ0n) is 10.4. The van der Waals surface area contributed by atoms with E-state index in [4.69, 9.17) is 0 Å². The predicted molar refractivity (Wildman–Crippen MR) is 67.7 cm³/mol. The molecule has 1 aromatic rings. The Labute approximate surface area is 97.2 Å².